The molecule has 2 aromatic heterocycles. The Hall–Kier alpha value is -2.05. The van der Waals surface area contributed by atoms with Crippen molar-refractivity contribution in [1.29, 1.82) is 0 Å². The number of hydrogen-bond donors (Lipinski definition) is 0. The Kier molecular flexibility index (Phi) is 4.54. The van der Waals surface area contributed by atoms with Gasteiger partial charge in [-0.2, -0.15) is 0 Å². The van der Waals surface area contributed by atoms with Crippen LogP contribution < -0.4 is 0 Å². The van der Waals surface area contributed by atoms with Crippen LogP contribution in [0.25, 0.3) is 10.6 Å². The molecular formula is C17H15FN2OS2. The number of thiazole rings is 1. The van der Waals surface area contributed by atoms with Crippen LogP contribution in [0.1, 0.15) is 28.3 Å². The minimum atomic E-state index is -0.286. The zero-order chi connectivity index (χ0) is 16.4. The zero-order valence-electron chi connectivity index (χ0n) is 12.7. The Balaban J connectivity index is 1.79. The molecule has 6 heteroatoms. The first-order valence-corrected chi connectivity index (χ1v) is 8.84. The van der Waals surface area contributed by atoms with Gasteiger partial charge in [-0.15, -0.1) is 22.7 Å². The van der Waals surface area contributed by atoms with Crippen molar-refractivity contribution in [3.8, 4) is 10.6 Å². The molecule has 23 heavy (non-hydrogen) atoms. The zero-order valence-corrected chi connectivity index (χ0v) is 14.3. The lowest BCUT2D eigenvalue weighted by molar-refractivity contribution is 0.0740. The first kappa shape index (κ1) is 15.8. The van der Waals surface area contributed by atoms with Crippen molar-refractivity contribution in [3.05, 3.63) is 63.5 Å². The van der Waals surface area contributed by atoms with Gasteiger partial charge in [0.05, 0.1) is 6.04 Å². The van der Waals surface area contributed by atoms with Crippen LogP contribution in [0.3, 0.4) is 0 Å². The molecule has 3 aromatic rings. The second-order valence-electron chi connectivity index (χ2n) is 5.15. The predicted octanol–water partition coefficient (Wildman–Crippen LogP) is 4.84. The number of carbonyl (C=O) groups is 1. The van der Waals surface area contributed by atoms with Crippen LogP contribution in [-0.2, 0) is 0 Å². The molecule has 0 radical (unpaired) electrons. The standard InChI is InChI=1S/C17H15FN2OS2/c1-11(15-4-3-9-22-15)20(2)17(21)14-10-23-16(19-14)12-5-7-13(18)8-6-12/h3-11H,1-2H3. The van der Waals surface area contributed by atoms with E-state index in [4.69, 9.17) is 0 Å². The minimum Gasteiger partial charge on any atom is -0.333 e. The Bertz CT molecular complexity index is 796. The second kappa shape index (κ2) is 6.60. The molecule has 118 valence electrons. The summed E-state index contributed by atoms with van der Waals surface area (Å²) in [4.78, 5) is 19.8. The quantitative estimate of drug-likeness (QED) is 0.677. The molecule has 3 nitrogen and oxygen atoms in total. The molecule has 0 aliphatic rings. The molecule has 3 rings (SSSR count). The highest BCUT2D eigenvalue weighted by molar-refractivity contribution is 7.13. The van der Waals surface area contributed by atoms with Crippen molar-refractivity contribution in [1.82, 2.24) is 9.88 Å². The lowest BCUT2D eigenvalue weighted by Crippen LogP contribution is -2.29. The minimum absolute atomic E-state index is 0.00142. The van der Waals surface area contributed by atoms with Gasteiger partial charge in [-0.25, -0.2) is 9.37 Å². The van der Waals surface area contributed by atoms with E-state index >= 15 is 0 Å². The molecule has 0 aliphatic carbocycles. The van der Waals surface area contributed by atoms with Crippen molar-refractivity contribution >= 4 is 28.6 Å². The van der Waals surface area contributed by atoms with Crippen LogP contribution in [0.2, 0.25) is 0 Å². The molecule has 2 heterocycles. The first-order valence-electron chi connectivity index (χ1n) is 7.08. The summed E-state index contributed by atoms with van der Waals surface area (Å²) in [6, 6.07) is 10.1. The highest BCUT2D eigenvalue weighted by atomic mass is 32.1. The summed E-state index contributed by atoms with van der Waals surface area (Å²) in [5.74, 6) is -0.401. The highest BCUT2D eigenvalue weighted by Crippen LogP contribution is 2.27. The van der Waals surface area contributed by atoms with Crippen LogP contribution in [0, 0.1) is 5.82 Å². The summed E-state index contributed by atoms with van der Waals surface area (Å²) < 4.78 is 13.0. The van der Waals surface area contributed by atoms with Crippen LogP contribution in [0.15, 0.2) is 47.2 Å². The molecular weight excluding hydrogens is 331 g/mol. The molecule has 1 unspecified atom stereocenters. The third-order valence-electron chi connectivity index (χ3n) is 3.67. The van der Waals surface area contributed by atoms with Gasteiger partial charge in [-0.1, -0.05) is 6.07 Å². The van der Waals surface area contributed by atoms with E-state index in [-0.39, 0.29) is 17.8 Å². The van der Waals surface area contributed by atoms with Crippen molar-refractivity contribution < 1.29 is 9.18 Å². The SMILES string of the molecule is CC(c1cccs1)N(C)C(=O)c1csc(-c2ccc(F)cc2)n1. The van der Waals surface area contributed by atoms with Gasteiger partial charge < -0.3 is 4.90 Å². The maximum absolute atomic E-state index is 13.0. The number of hydrogen-bond acceptors (Lipinski definition) is 4. The molecule has 1 amide bonds. The predicted molar refractivity (Wildman–Crippen MR) is 92.3 cm³/mol. The number of aromatic nitrogens is 1. The Labute approximate surface area is 142 Å². The second-order valence-corrected chi connectivity index (χ2v) is 6.99. The monoisotopic (exact) mass is 346 g/mol. The van der Waals surface area contributed by atoms with Crippen LogP contribution >= 0.6 is 22.7 Å². The fourth-order valence-corrected chi connectivity index (χ4v) is 3.80. The van der Waals surface area contributed by atoms with Gasteiger partial charge in [0.2, 0.25) is 0 Å². The molecule has 0 fully saturated rings. The normalized spacial score (nSPS) is 12.1. The molecule has 0 bridgehead atoms. The van der Waals surface area contributed by atoms with Gasteiger partial charge in [0.1, 0.15) is 16.5 Å². The highest BCUT2D eigenvalue weighted by Gasteiger charge is 2.22. The maximum atomic E-state index is 13.0. The van der Waals surface area contributed by atoms with E-state index in [2.05, 4.69) is 4.98 Å². The topological polar surface area (TPSA) is 33.2 Å². The van der Waals surface area contributed by atoms with Gasteiger partial charge in [-0.3, -0.25) is 4.79 Å². The maximum Gasteiger partial charge on any atom is 0.273 e. The van der Waals surface area contributed by atoms with Gasteiger partial charge in [0.15, 0.2) is 0 Å². The largest absolute Gasteiger partial charge is 0.333 e. The number of nitrogens with zero attached hydrogens (tertiary/aromatic N) is 2. The van der Waals surface area contributed by atoms with Gasteiger partial charge >= 0.3 is 0 Å². The molecule has 0 aliphatic heterocycles. The first-order chi connectivity index (χ1) is 11.1. The van der Waals surface area contributed by atoms with E-state index in [1.54, 1.807) is 40.8 Å². The van der Waals surface area contributed by atoms with Gasteiger partial charge in [0.25, 0.3) is 5.91 Å². The van der Waals surface area contributed by atoms with Crippen molar-refractivity contribution in [2.24, 2.45) is 0 Å². The molecule has 0 N–H and O–H groups in total. The van der Waals surface area contributed by atoms with E-state index in [9.17, 15) is 9.18 Å². The summed E-state index contributed by atoms with van der Waals surface area (Å²) in [6.07, 6.45) is 0. The third-order valence-corrected chi connectivity index (χ3v) is 5.60. The lowest BCUT2D eigenvalue weighted by atomic mass is 10.2. The fourth-order valence-electron chi connectivity index (χ4n) is 2.17. The third kappa shape index (κ3) is 3.33. The Morgan fingerprint density at radius 2 is 1.96 bits per heavy atom. The Morgan fingerprint density at radius 1 is 1.22 bits per heavy atom. The molecule has 0 saturated heterocycles. The summed E-state index contributed by atoms with van der Waals surface area (Å²) >= 11 is 3.01. The van der Waals surface area contributed by atoms with E-state index in [1.165, 1.54) is 23.5 Å². The number of amides is 1. The van der Waals surface area contributed by atoms with E-state index < -0.39 is 0 Å². The molecule has 0 saturated carbocycles. The van der Waals surface area contributed by atoms with Crippen molar-refractivity contribution in [2.75, 3.05) is 7.05 Å². The lowest BCUT2D eigenvalue weighted by Gasteiger charge is -2.23. The fraction of sp³-hybridized carbons (Fsp3) is 0.176. The van der Waals surface area contributed by atoms with E-state index in [1.807, 2.05) is 24.4 Å². The Morgan fingerprint density at radius 3 is 2.61 bits per heavy atom. The number of rotatable bonds is 4. The molecule has 0 spiro atoms. The smallest absolute Gasteiger partial charge is 0.273 e. The summed E-state index contributed by atoms with van der Waals surface area (Å²) in [5, 5.41) is 4.46. The summed E-state index contributed by atoms with van der Waals surface area (Å²) in [5.41, 5.74) is 1.23. The van der Waals surface area contributed by atoms with Gasteiger partial charge in [-0.05, 0) is 42.6 Å². The number of thiophene rings is 1. The average molecular weight is 346 g/mol. The number of benzene rings is 1. The number of halogens is 1. The van der Waals surface area contributed by atoms with Crippen LogP contribution in [0.4, 0.5) is 4.39 Å². The van der Waals surface area contributed by atoms with Crippen molar-refractivity contribution in [3.63, 3.8) is 0 Å². The average Bonchev–Trinajstić information content (AvgIpc) is 3.25. The van der Waals surface area contributed by atoms with Gasteiger partial charge in [0, 0.05) is 22.9 Å². The van der Waals surface area contributed by atoms with Crippen LogP contribution in [-0.4, -0.2) is 22.8 Å². The number of carbonyl (C=O) groups excluding carboxylic acids is 1. The van der Waals surface area contributed by atoms with Crippen molar-refractivity contribution in [2.45, 2.75) is 13.0 Å². The van der Waals surface area contributed by atoms with Crippen LogP contribution in [0.5, 0.6) is 0 Å². The summed E-state index contributed by atoms with van der Waals surface area (Å²) in [7, 11) is 1.78. The molecule has 1 aromatic carbocycles. The van der Waals surface area contributed by atoms with E-state index in [0.717, 1.165) is 10.4 Å². The summed E-state index contributed by atoms with van der Waals surface area (Å²) in [6.45, 7) is 2.00. The van der Waals surface area contributed by atoms with E-state index in [0.29, 0.717) is 10.7 Å². The molecule has 1 atom stereocenters.